The quantitative estimate of drug-likeness (QED) is 0.867. The minimum absolute atomic E-state index is 0.0593. The number of carbonyl (C=O) groups excluding carboxylic acids is 2. The second-order valence-corrected chi connectivity index (χ2v) is 7.08. The molecule has 1 aromatic heterocycles. The molecule has 2 aromatic rings. The molecule has 1 aromatic carbocycles. The SMILES string of the molecule is Cc1cc(C(C)NC(=O)C2CC(=O)N(CCc3ccccc3)C2)c(C)o1. The van der Waals surface area contributed by atoms with Gasteiger partial charge < -0.3 is 14.6 Å². The van der Waals surface area contributed by atoms with Gasteiger partial charge in [-0.25, -0.2) is 0 Å². The zero-order valence-electron chi connectivity index (χ0n) is 15.6. The Hall–Kier alpha value is -2.56. The van der Waals surface area contributed by atoms with E-state index in [1.54, 1.807) is 4.90 Å². The number of amides is 2. The highest BCUT2D eigenvalue weighted by Crippen LogP contribution is 2.23. The van der Waals surface area contributed by atoms with Gasteiger partial charge >= 0.3 is 0 Å². The average Bonchev–Trinajstić information content (AvgIpc) is 3.15. The van der Waals surface area contributed by atoms with Crippen molar-refractivity contribution >= 4 is 11.8 Å². The standard InChI is InChI=1S/C21H26N2O3/c1-14-11-19(16(3)26-14)15(2)22-21(25)18-12-20(24)23(13-18)10-9-17-7-5-4-6-8-17/h4-8,11,15,18H,9-10,12-13H2,1-3H3,(H,22,25). The molecule has 0 radical (unpaired) electrons. The Kier molecular flexibility index (Phi) is 5.45. The highest BCUT2D eigenvalue weighted by atomic mass is 16.3. The molecular weight excluding hydrogens is 328 g/mol. The predicted molar refractivity (Wildman–Crippen MR) is 99.6 cm³/mol. The van der Waals surface area contributed by atoms with Gasteiger partial charge in [0.05, 0.1) is 12.0 Å². The minimum Gasteiger partial charge on any atom is -0.466 e. The van der Waals surface area contributed by atoms with Crippen molar-refractivity contribution in [2.24, 2.45) is 5.92 Å². The summed E-state index contributed by atoms with van der Waals surface area (Å²) in [6.45, 7) is 6.88. The van der Waals surface area contributed by atoms with Crippen LogP contribution in [0, 0.1) is 19.8 Å². The van der Waals surface area contributed by atoms with E-state index in [1.807, 2.05) is 45.0 Å². The maximum atomic E-state index is 12.6. The summed E-state index contributed by atoms with van der Waals surface area (Å²) in [5.41, 5.74) is 2.19. The summed E-state index contributed by atoms with van der Waals surface area (Å²) in [5.74, 6) is 1.37. The summed E-state index contributed by atoms with van der Waals surface area (Å²) < 4.78 is 5.54. The molecule has 138 valence electrons. The van der Waals surface area contributed by atoms with E-state index in [-0.39, 0.29) is 30.2 Å². The second kappa shape index (κ2) is 7.77. The minimum atomic E-state index is -0.283. The predicted octanol–water partition coefficient (Wildman–Crippen LogP) is 3.16. The van der Waals surface area contributed by atoms with Crippen LogP contribution < -0.4 is 5.32 Å². The highest BCUT2D eigenvalue weighted by Gasteiger charge is 2.34. The van der Waals surface area contributed by atoms with Gasteiger partial charge in [-0.15, -0.1) is 0 Å². The number of furan rings is 1. The molecule has 5 nitrogen and oxygen atoms in total. The van der Waals surface area contributed by atoms with E-state index < -0.39 is 0 Å². The van der Waals surface area contributed by atoms with E-state index in [2.05, 4.69) is 17.4 Å². The molecular formula is C21H26N2O3. The molecule has 0 saturated carbocycles. The second-order valence-electron chi connectivity index (χ2n) is 7.08. The van der Waals surface area contributed by atoms with E-state index >= 15 is 0 Å². The third kappa shape index (κ3) is 4.15. The van der Waals surface area contributed by atoms with E-state index in [4.69, 9.17) is 4.42 Å². The number of nitrogens with zero attached hydrogens (tertiary/aromatic N) is 1. The van der Waals surface area contributed by atoms with Crippen molar-refractivity contribution in [1.82, 2.24) is 10.2 Å². The number of rotatable bonds is 6. The molecule has 1 fully saturated rings. The lowest BCUT2D eigenvalue weighted by atomic mass is 10.1. The molecule has 26 heavy (non-hydrogen) atoms. The van der Waals surface area contributed by atoms with Crippen LogP contribution in [0.3, 0.4) is 0 Å². The van der Waals surface area contributed by atoms with Crippen molar-refractivity contribution in [3.63, 3.8) is 0 Å². The fraction of sp³-hybridized carbons (Fsp3) is 0.429. The number of hydrogen-bond acceptors (Lipinski definition) is 3. The van der Waals surface area contributed by atoms with Gasteiger partial charge in [-0.05, 0) is 38.8 Å². The first-order chi connectivity index (χ1) is 12.4. The Bertz CT molecular complexity index is 782. The lowest BCUT2D eigenvalue weighted by Gasteiger charge is -2.18. The van der Waals surface area contributed by atoms with Crippen LogP contribution in [-0.4, -0.2) is 29.8 Å². The van der Waals surface area contributed by atoms with Crippen LogP contribution in [0.25, 0.3) is 0 Å². The smallest absolute Gasteiger partial charge is 0.225 e. The largest absolute Gasteiger partial charge is 0.466 e. The Balaban J connectivity index is 1.54. The van der Waals surface area contributed by atoms with Crippen molar-refractivity contribution in [3.8, 4) is 0 Å². The van der Waals surface area contributed by atoms with Gasteiger partial charge in [0.2, 0.25) is 11.8 Å². The van der Waals surface area contributed by atoms with Gasteiger partial charge in [-0.3, -0.25) is 9.59 Å². The molecule has 2 heterocycles. The molecule has 0 bridgehead atoms. The molecule has 0 aliphatic carbocycles. The van der Waals surface area contributed by atoms with Gasteiger partial charge in [0.25, 0.3) is 0 Å². The summed E-state index contributed by atoms with van der Waals surface area (Å²) in [6.07, 6.45) is 1.10. The Morgan fingerprint density at radius 2 is 2.04 bits per heavy atom. The van der Waals surface area contributed by atoms with Gasteiger partial charge in [0, 0.05) is 25.1 Å². The molecule has 1 aliphatic rings. The summed E-state index contributed by atoms with van der Waals surface area (Å²) in [7, 11) is 0. The number of nitrogens with one attached hydrogen (secondary N) is 1. The first kappa shape index (κ1) is 18.2. The lowest BCUT2D eigenvalue weighted by molar-refractivity contribution is -0.129. The van der Waals surface area contributed by atoms with Gasteiger partial charge in [-0.1, -0.05) is 30.3 Å². The Morgan fingerprint density at radius 1 is 1.31 bits per heavy atom. The van der Waals surface area contributed by atoms with Crippen molar-refractivity contribution in [3.05, 3.63) is 59.0 Å². The average molecular weight is 354 g/mol. The van der Waals surface area contributed by atoms with Crippen LogP contribution in [-0.2, 0) is 16.0 Å². The molecule has 3 rings (SSSR count). The summed E-state index contributed by atoms with van der Waals surface area (Å²) in [5, 5.41) is 3.03. The van der Waals surface area contributed by atoms with E-state index in [0.717, 1.165) is 23.5 Å². The van der Waals surface area contributed by atoms with Crippen LogP contribution >= 0.6 is 0 Å². The molecule has 1 N–H and O–H groups in total. The number of likely N-dealkylation sites (tertiary alicyclic amines) is 1. The lowest BCUT2D eigenvalue weighted by Crippen LogP contribution is -2.35. The van der Waals surface area contributed by atoms with Crippen LogP contribution in [0.1, 0.15) is 42.0 Å². The van der Waals surface area contributed by atoms with Gasteiger partial charge in [0.1, 0.15) is 11.5 Å². The van der Waals surface area contributed by atoms with Crippen LogP contribution in [0.2, 0.25) is 0 Å². The first-order valence-corrected chi connectivity index (χ1v) is 9.13. The van der Waals surface area contributed by atoms with Crippen LogP contribution in [0.4, 0.5) is 0 Å². The fourth-order valence-corrected chi connectivity index (χ4v) is 3.56. The van der Waals surface area contributed by atoms with Crippen molar-refractivity contribution < 1.29 is 14.0 Å². The third-order valence-electron chi connectivity index (χ3n) is 5.00. The molecule has 2 unspecified atom stereocenters. The van der Waals surface area contributed by atoms with E-state index in [1.165, 1.54) is 5.56 Å². The van der Waals surface area contributed by atoms with Crippen LogP contribution in [0.5, 0.6) is 0 Å². The summed E-state index contributed by atoms with van der Waals surface area (Å²) >= 11 is 0. The Morgan fingerprint density at radius 3 is 2.69 bits per heavy atom. The monoisotopic (exact) mass is 354 g/mol. The molecule has 2 atom stereocenters. The topological polar surface area (TPSA) is 62.6 Å². The molecule has 0 spiro atoms. The normalized spacial score (nSPS) is 18.2. The maximum Gasteiger partial charge on any atom is 0.225 e. The number of carbonyl (C=O) groups is 2. The van der Waals surface area contributed by atoms with Gasteiger partial charge in [0.15, 0.2) is 0 Å². The maximum absolute atomic E-state index is 12.6. The number of aryl methyl sites for hydroxylation is 2. The first-order valence-electron chi connectivity index (χ1n) is 9.13. The molecule has 2 amide bonds. The fourth-order valence-electron chi connectivity index (χ4n) is 3.56. The van der Waals surface area contributed by atoms with Gasteiger partial charge in [-0.2, -0.15) is 0 Å². The zero-order valence-corrected chi connectivity index (χ0v) is 15.6. The molecule has 5 heteroatoms. The molecule has 1 aliphatic heterocycles. The number of benzene rings is 1. The zero-order chi connectivity index (χ0) is 18.7. The van der Waals surface area contributed by atoms with Crippen molar-refractivity contribution in [1.29, 1.82) is 0 Å². The number of hydrogen-bond donors (Lipinski definition) is 1. The highest BCUT2D eigenvalue weighted by molar-refractivity contribution is 5.89. The van der Waals surface area contributed by atoms with Crippen LogP contribution in [0.15, 0.2) is 40.8 Å². The third-order valence-corrected chi connectivity index (χ3v) is 5.00. The van der Waals surface area contributed by atoms with Crippen molar-refractivity contribution in [2.45, 2.75) is 39.7 Å². The molecule has 1 saturated heterocycles. The Labute approximate surface area is 154 Å². The van der Waals surface area contributed by atoms with Crippen molar-refractivity contribution in [2.75, 3.05) is 13.1 Å². The summed E-state index contributed by atoms with van der Waals surface area (Å²) in [4.78, 5) is 26.6. The summed E-state index contributed by atoms with van der Waals surface area (Å²) in [6, 6.07) is 11.9. The van der Waals surface area contributed by atoms with E-state index in [9.17, 15) is 9.59 Å². The van der Waals surface area contributed by atoms with E-state index in [0.29, 0.717) is 13.1 Å².